The van der Waals surface area contributed by atoms with Crippen LogP contribution in [0.2, 0.25) is 0 Å². The zero-order chi connectivity index (χ0) is 13.7. The highest BCUT2D eigenvalue weighted by Crippen LogP contribution is 2.14. The normalized spacial score (nSPS) is 11.4. The van der Waals surface area contributed by atoms with Gasteiger partial charge in [0, 0.05) is 29.3 Å². The molecule has 1 aromatic carbocycles. The molecule has 0 saturated heterocycles. The number of halogens is 1. The number of hydrogen-bond acceptors (Lipinski definition) is 3. The van der Waals surface area contributed by atoms with Crippen LogP contribution in [0.25, 0.3) is 0 Å². The number of hydrogen-bond donors (Lipinski definition) is 1. The van der Waals surface area contributed by atoms with Gasteiger partial charge in [0.05, 0.1) is 4.90 Å². The minimum absolute atomic E-state index is 0.261. The lowest BCUT2D eigenvalue weighted by molar-refractivity contribution is 0.581. The minimum Gasteiger partial charge on any atom is -0.261 e. The first-order valence-corrected chi connectivity index (χ1v) is 8.01. The first-order chi connectivity index (χ1) is 9.08. The quantitative estimate of drug-likeness (QED) is 0.908. The van der Waals surface area contributed by atoms with Gasteiger partial charge in [0.1, 0.15) is 0 Å². The van der Waals surface area contributed by atoms with Crippen molar-refractivity contribution in [3.63, 3.8) is 0 Å². The van der Waals surface area contributed by atoms with Crippen molar-refractivity contribution in [2.24, 2.45) is 0 Å². The summed E-state index contributed by atoms with van der Waals surface area (Å²) in [5, 5.41) is 0. The molecule has 0 aliphatic rings. The number of nitrogens with zero attached hydrogens (tertiary/aromatic N) is 1. The minimum atomic E-state index is -3.45. The molecule has 1 N–H and O–H groups in total. The van der Waals surface area contributed by atoms with E-state index in [1.807, 2.05) is 18.2 Å². The monoisotopic (exact) mass is 340 g/mol. The zero-order valence-corrected chi connectivity index (χ0v) is 12.5. The first-order valence-electron chi connectivity index (χ1n) is 5.73. The van der Waals surface area contributed by atoms with E-state index in [9.17, 15) is 8.42 Å². The van der Waals surface area contributed by atoms with Gasteiger partial charge in [-0.1, -0.05) is 22.0 Å². The zero-order valence-electron chi connectivity index (χ0n) is 10.1. The maximum absolute atomic E-state index is 12.0. The van der Waals surface area contributed by atoms with Gasteiger partial charge in [-0.2, -0.15) is 0 Å². The van der Waals surface area contributed by atoms with Crippen molar-refractivity contribution >= 4 is 26.0 Å². The van der Waals surface area contributed by atoms with Crippen molar-refractivity contribution in [1.82, 2.24) is 9.71 Å². The molecule has 6 heteroatoms. The van der Waals surface area contributed by atoms with Crippen LogP contribution in [-0.4, -0.2) is 19.9 Å². The number of aromatic nitrogens is 1. The van der Waals surface area contributed by atoms with E-state index in [-0.39, 0.29) is 4.90 Å². The summed E-state index contributed by atoms with van der Waals surface area (Å²) < 4.78 is 27.4. The van der Waals surface area contributed by atoms with Gasteiger partial charge in [0.2, 0.25) is 10.0 Å². The van der Waals surface area contributed by atoms with Crippen LogP contribution >= 0.6 is 15.9 Å². The third kappa shape index (κ3) is 4.12. The lowest BCUT2D eigenvalue weighted by Gasteiger charge is -2.06. The molecule has 0 fully saturated rings. The summed E-state index contributed by atoms with van der Waals surface area (Å²) in [5.74, 6) is 0. The molecule has 1 aromatic heterocycles. The Hall–Kier alpha value is -1.24. The summed E-state index contributed by atoms with van der Waals surface area (Å²) in [4.78, 5) is 4.40. The summed E-state index contributed by atoms with van der Waals surface area (Å²) in [6, 6.07) is 12.1. The van der Waals surface area contributed by atoms with Crippen molar-refractivity contribution in [2.75, 3.05) is 6.54 Å². The molecule has 100 valence electrons. The maximum Gasteiger partial charge on any atom is 0.240 e. The molecule has 1 heterocycles. The highest BCUT2D eigenvalue weighted by molar-refractivity contribution is 9.10. The van der Waals surface area contributed by atoms with Crippen molar-refractivity contribution in [2.45, 2.75) is 11.3 Å². The third-order valence-corrected chi connectivity index (χ3v) is 4.53. The fraction of sp³-hybridized carbons (Fsp3) is 0.154. The van der Waals surface area contributed by atoms with Crippen LogP contribution in [0.5, 0.6) is 0 Å². The van der Waals surface area contributed by atoms with E-state index in [4.69, 9.17) is 0 Å². The molecule has 0 amide bonds. The molecule has 2 aromatic rings. The lowest BCUT2D eigenvalue weighted by atomic mass is 10.3. The van der Waals surface area contributed by atoms with E-state index < -0.39 is 10.0 Å². The van der Waals surface area contributed by atoms with E-state index in [2.05, 4.69) is 25.6 Å². The summed E-state index contributed by atoms with van der Waals surface area (Å²) >= 11 is 3.27. The lowest BCUT2D eigenvalue weighted by Crippen LogP contribution is -2.26. The molecule has 0 spiro atoms. The van der Waals surface area contributed by atoms with Gasteiger partial charge in [-0.05, 0) is 36.4 Å². The topological polar surface area (TPSA) is 59.1 Å². The van der Waals surface area contributed by atoms with Gasteiger partial charge in [-0.3, -0.25) is 4.98 Å². The highest BCUT2D eigenvalue weighted by Gasteiger charge is 2.12. The Morgan fingerprint density at radius 3 is 2.47 bits per heavy atom. The molecule has 19 heavy (non-hydrogen) atoms. The molecule has 0 atom stereocenters. The van der Waals surface area contributed by atoms with Gasteiger partial charge in [0.25, 0.3) is 0 Å². The average Bonchev–Trinajstić information content (AvgIpc) is 2.40. The van der Waals surface area contributed by atoms with Crippen LogP contribution in [0.15, 0.2) is 58.0 Å². The van der Waals surface area contributed by atoms with Crippen molar-refractivity contribution in [3.8, 4) is 0 Å². The fourth-order valence-electron chi connectivity index (χ4n) is 1.56. The van der Waals surface area contributed by atoms with Gasteiger partial charge in [-0.25, -0.2) is 13.1 Å². The largest absolute Gasteiger partial charge is 0.261 e. The predicted octanol–water partition coefficient (Wildman–Crippen LogP) is 2.37. The smallest absolute Gasteiger partial charge is 0.240 e. The van der Waals surface area contributed by atoms with E-state index in [1.165, 1.54) is 0 Å². The molecule has 0 saturated carbocycles. The van der Waals surface area contributed by atoms with E-state index in [1.54, 1.807) is 30.5 Å². The molecule has 0 aliphatic carbocycles. The van der Waals surface area contributed by atoms with E-state index in [0.717, 1.165) is 10.2 Å². The second-order valence-electron chi connectivity index (χ2n) is 3.92. The van der Waals surface area contributed by atoms with Crippen LogP contribution < -0.4 is 4.72 Å². The van der Waals surface area contributed by atoms with Gasteiger partial charge in [0.15, 0.2) is 0 Å². The van der Waals surface area contributed by atoms with Crippen LogP contribution in [0, 0.1) is 0 Å². The number of pyridine rings is 1. The van der Waals surface area contributed by atoms with E-state index >= 15 is 0 Å². The Morgan fingerprint density at radius 2 is 1.84 bits per heavy atom. The highest BCUT2D eigenvalue weighted by atomic mass is 79.9. The second-order valence-corrected chi connectivity index (χ2v) is 6.61. The molecule has 4 nitrogen and oxygen atoms in total. The molecule has 2 rings (SSSR count). The maximum atomic E-state index is 12.0. The van der Waals surface area contributed by atoms with Crippen LogP contribution in [-0.2, 0) is 16.4 Å². The summed E-state index contributed by atoms with van der Waals surface area (Å²) in [7, 11) is -3.45. The molecule has 0 radical (unpaired) electrons. The number of nitrogens with one attached hydrogen (secondary N) is 1. The second kappa shape index (κ2) is 6.27. The Bertz CT molecular complexity index is 627. The standard InChI is InChI=1S/C13H13BrN2O2S/c14-11-4-6-13(7-5-11)19(17,18)16-10-8-12-3-1-2-9-15-12/h1-7,9,16H,8,10H2. The Balaban J connectivity index is 1.97. The SMILES string of the molecule is O=S(=O)(NCCc1ccccn1)c1ccc(Br)cc1. The Morgan fingerprint density at radius 1 is 1.11 bits per heavy atom. The fourth-order valence-corrected chi connectivity index (χ4v) is 2.85. The Labute approximate surface area is 121 Å². The number of sulfonamides is 1. The molecule has 0 unspecified atom stereocenters. The Kier molecular flexibility index (Phi) is 4.68. The first kappa shape index (κ1) is 14.2. The predicted molar refractivity (Wildman–Crippen MR) is 77.3 cm³/mol. The third-order valence-electron chi connectivity index (χ3n) is 2.52. The summed E-state index contributed by atoms with van der Waals surface area (Å²) in [5.41, 5.74) is 0.862. The van der Waals surface area contributed by atoms with Crippen molar-refractivity contribution in [3.05, 3.63) is 58.8 Å². The van der Waals surface area contributed by atoms with Gasteiger partial charge < -0.3 is 0 Å². The van der Waals surface area contributed by atoms with Crippen LogP contribution in [0.1, 0.15) is 5.69 Å². The van der Waals surface area contributed by atoms with Gasteiger partial charge >= 0.3 is 0 Å². The molecular formula is C13H13BrN2O2S. The number of benzene rings is 1. The number of rotatable bonds is 5. The van der Waals surface area contributed by atoms with E-state index in [0.29, 0.717) is 13.0 Å². The average molecular weight is 341 g/mol. The summed E-state index contributed by atoms with van der Waals surface area (Å²) in [6.07, 6.45) is 2.26. The van der Waals surface area contributed by atoms with Crippen LogP contribution in [0.3, 0.4) is 0 Å². The van der Waals surface area contributed by atoms with Crippen molar-refractivity contribution in [1.29, 1.82) is 0 Å². The summed E-state index contributed by atoms with van der Waals surface area (Å²) in [6.45, 7) is 0.329. The van der Waals surface area contributed by atoms with Crippen LogP contribution in [0.4, 0.5) is 0 Å². The molecule has 0 aliphatic heterocycles. The van der Waals surface area contributed by atoms with Crippen molar-refractivity contribution < 1.29 is 8.42 Å². The molecule has 0 bridgehead atoms. The molecular weight excluding hydrogens is 328 g/mol. The van der Waals surface area contributed by atoms with Gasteiger partial charge in [-0.15, -0.1) is 0 Å².